The summed E-state index contributed by atoms with van der Waals surface area (Å²) in [6.45, 7) is 3.26. The summed E-state index contributed by atoms with van der Waals surface area (Å²) in [5, 5.41) is 13.0. The zero-order chi connectivity index (χ0) is 19.8. The molecule has 0 radical (unpaired) electrons. The standard InChI is InChI=1S/C20H18N4O2S2/c1-11(18(26)23-19-14(10-21)13-6-5-9-17(13)28-19)27-20-22-15-7-3-4-8-16(15)24(20)12(2)25/h3-4,7-8,11H,5-6,9H2,1-2H3,(H,23,26). The minimum Gasteiger partial charge on any atom is -0.316 e. The van der Waals surface area contributed by atoms with E-state index in [1.807, 2.05) is 24.3 Å². The molecule has 3 aromatic rings. The monoisotopic (exact) mass is 410 g/mol. The molecule has 0 aliphatic heterocycles. The third-order valence-corrected chi connectivity index (χ3v) is 7.03. The molecule has 1 aliphatic rings. The Hall–Kier alpha value is -2.63. The molecule has 4 rings (SSSR count). The Kier molecular flexibility index (Phi) is 4.96. The lowest BCUT2D eigenvalue weighted by atomic mass is 10.1. The van der Waals surface area contributed by atoms with Gasteiger partial charge in [0.05, 0.1) is 21.8 Å². The van der Waals surface area contributed by atoms with Crippen molar-refractivity contribution >= 4 is 50.9 Å². The number of fused-ring (bicyclic) bond motifs is 2. The lowest BCUT2D eigenvalue weighted by Crippen LogP contribution is -2.23. The molecular formula is C20H18N4O2S2. The van der Waals surface area contributed by atoms with Crippen LogP contribution in [0.5, 0.6) is 0 Å². The summed E-state index contributed by atoms with van der Waals surface area (Å²) in [6, 6.07) is 9.64. The molecule has 0 spiro atoms. The van der Waals surface area contributed by atoms with Gasteiger partial charge in [0.15, 0.2) is 5.16 Å². The first-order valence-corrected chi connectivity index (χ1v) is 10.7. The Morgan fingerprint density at radius 3 is 2.89 bits per heavy atom. The van der Waals surface area contributed by atoms with E-state index in [0.29, 0.717) is 21.2 Å². The summed E-state index contributed by atoms with van der Waals surface area (Å²) in [5.41, 5.74) is 3.13. The lowest BCUT2D eigenvalue weighted by molar-refractivity contribution is -0.115. The number of imidazole rings is 1. The lowest BCUT2D eigenvalue weighted by Gasteiger charge is -2.11. The fourth-order valence-corrected chi connectivity index (χ4v) is 5.63. The maximum atomic E-state index is 12.8. The van der Waals surface area contributed by atoms with E-state index in [-0.39, 0.29) is 11.8 Å². The molecule has 1 unspecified atom stereocenters. The minimum absolute atomic E-state index is 0.148. The number of nitrogens with zero attached hydrogens (tertiary/aromatic N) is 3. The van der Waals surface area contributed by atoms with Crippen LogP contribution in [0.3, 0.4) is 0 Å². The molecule has 2 aromatic heterocycles. The van der Waals surface area contributed by atoms with E-state index in [1.54, 1.807) is 6.92 Å². The number of carbonyl (C=O) groups excluding carboxylic acids is 2. The van der Waals surface area contributed by atoms with E-state index in [1.165, 1.54) is 39.5 Å². The number of hydrogen-bond acceptors (Lipinski definition) is 6. The molecule has 0 bridgehead atoms. The van der Waals surface area contributed by atoms with Crippen molar-refractivity contribution in [2.45, 2.75) is 43.5 Å². The highest BCUT2D eigenvalue weighted by Crippen LogP contribution is 2.39. The van der Waals surface area contributed by atoms with Gasteiger partial charge < -0.3 is 5.32 Å². The fraction of sp³-hybridized carbons (Fsp3) is 0.300. The third kappa shape index (κ3) is 3.21. The summed E-state index contributed by atoms with van der Waals surface area (Å²) >= 11 is 2.73. The van der Waals surface area contributed by atoms with Gasteiger partial charge >= 0.3 is 0 Å². The van der Waals surface area contributed by atoms with Crippen molar-refractivity contribution in [2.75, 3.05) is 5.32 Å². The smallest absolute Gasteiger partial charge is 0.238 e. The van der Waals surface area contributed by atoms with Crippen LogP contribution in [0.1, 0.15) is 41.1 Å². The van der Waals surface area contributed by atoms with Crippen LogP contribution in [0.15, 0.2) is 29.4 Å². The van der Waals surface area contributed by atoms with Gasteiger partial charge in [-0.1, -0.05) is 23.9 Å². The molecule has 28 heavy (non-hydrogen) atoms. The number of nitriles is 1. The molecule has 0 saturated carbocycles. The van der Waals surface area contributed by atoms with E-state index in [2.05, 4.69) is 16.4 Å². The topological polar surface area (TPSA) is 87.8 Å². The number of anilines is 1. The van der Waals surface area contributed by atoms with Gasteiger partial charge in [-0.15, -0.1) is 11.3 Å². The largest absolute Gasteiger partial charge is 0.316 e. The number of carbonyl (C=O) groups is 2. The highest BCUT2D eigenvalue weighted by Gasteiger charge is 2.26. The number of thiophene rings is 1. The van der Waals surface area contributed by atoms with Crippen molar-refractivity contribution in [1.29, 1.82) is 5.26 Å². The number of rotatable bonds is 4. The van der Waals surface area contributed by atoms with Gasteiger partial charge in [-0.05, 0) is 43.9 Å². The van der Waals surface area contributed by atoms with Crippen molar-refractivity contribution < 1.29 is 9.59 Å². The van der Waals surface area contributed by atoms with Crippen LogP contribution in [0.2, 0.25) is 0 Å². The maximum absolute atomic E-state index is 12.8. The van der Waals surface area contributed by atoms with Crippen molar-refractivity contribution in [3.63, 3.8) is 0 Å². The Morgan fingerprint density at radius 1 is 1.36 bits per heavy atom. The Morgan fingerprint density at radius 2 is 2.14 bits per heavy atom. The quantitative estimate of drug-likeness (QED) is 0.650. The number of aryl methyl sites for hydroxylation is 1. The normalized spacial score (nSPS) is 13.9. The first kappa shape index (κ1) is 18.7. The second-order valence-electron chi connectivity index (χ2n) is 6.66. The number of aromatic nitrogens is 2. The summed E-state index contributed by atoms with van der Waals surface area (Å²) < 4.78 is 1.53. The van der Waals surface area contributed by atoms with E-state index < -0.39 is 5.25 Å². The third-order valence-electron chi connectivity index (χ3n) is 4.77. The van der Waals surface area contributed by atoms with E-state index in [4.69, 9.17) is 0 Å². The second kappa shape index (κ2) is 7.41. The van der Waals surface area contributed by atoms with E-state index in [0.717, 1.165) is 30.3 Å². The molecular weight excluding hydrogens is 392 g/mol. The summed E-state index contributed by atoms with van der Waals surface area (Å²) in [7, 11) is 0. The van der Waals surface area contributed by atoms with Gasteiger partial charge in [0.25, 0.3) is 0 Å². The first-order chi connectivity index (χ1) is 13.5. The van der Waals surface area contributed by atoms with Gasteiger partial charge in [0.1, 0.15) is 11.1 Å². The SMILES string of the molecule is CC(=O)n1c(SC(C)C(=O)Nc2sc3c(c2C#N)CCC3)nc2ccccc21. The van der Waals surface area contributed by atoms with Crippen molar-refractivity contribution in [2.24, 2.45) is 0 Å². The van der Waals surface area contributed by atoms with Crippen molar-refractivity contribution in [3.8, 4) is 6.07 Å². The van der Waals surface area contributed by atoms with Crippen LogP contribution in [0.4, 0.5) is 5.00 Å². The molecule has 1 N–H and O–H groups in total. The van der Waals surface area contributed by atoms with Crippen molar-refractivity contribution in [3.05, 3.63) is 40.3 Å². The summed E-state index contributed by atoms with van der Waals surface area (Å²) in [6.07, 6.45) is 2.94. The number of hydrogen-bond donors (Lipinski definition) is 1. The fourth-order valence-electron chi connectivity index (χ4n) is 3.42. The molecule has 0 fully saturated rings. The zero-order valence-corrected chi connectivity index (χ0v) is 17.1. The number of nitrogens with one attached hydrogen (secondary N) is 1. The van der Waals surface area contributed by atoms with Gasteiger partial charge in [0, 0.05) is 11.8 Å². The summed E-state index contributed by atoms with van der Waals surface area (Å²) in [4.78, 5) is 30.6. The van der Waals surface area contributed by atoms with Crippen LogP contribution in [0.25, 0.3) is 11.0 Å². The summed E-state index contributed by atoms with van der Waals surface area (Å²) in [5.74, 6) is -0.353. The highest BCUT2D eigenvalue weighted by atomic mass is 32.2. The van der Waals surface area contributed by atoms with E-state index >= 15 is 0 Å². The Labute approximate surface area is 170 Å². The van der Waals surface area contributed by atoms with Crippen LogP contribution in [-0.4, -0.2) is 26.6 Å². The minimum atomic E-state index is -0.474. The average Bonchev–Trinajstić information content (AvgIpc) is 3.33. The molecule has 1 atom stereocenters. The van der Waals surface area contributed by atoms with Crippen LogP contribution in [-0.2, 0) is 17.6 Å². The molecule has 6 nitrogen and oxygen atoms in total. The second-order valence-corrected chi connectivity index (χ2v) is 9.07. The maximum Gasteiger partial charge on any atom is 0.238 e. The number of amides is 1. The van der Waals surface area contributed by atoms with Gasteiger partial charge in [-0.25, -0.2) is 4.98 Å². The molecule has 1 aromatic carbocycles. The van der Waals surface area contributed by atoms with Gasteiger partial charge in [-0.3, -0.25) is 14.2 Å². The molecule has 142 valence electrons. The Bertz CT molecular complexity index is 1140. The van der Waals surface area contributed by atoms with Crippen molar-refractivity contribution in [1.82, 2.24) is 9.55 Å². The predicted octanol–water partition coefficient (Wildman–Crippen LogP) is 4.24. The number of para-hydroxylation sites is 2. The average molecular weight is 411 g/mol. The van der Waals surface area contributed by atoms with Crippen LogP contribution < -0.4 is 5.32 Å². The molecule has 0 saturated heterocycles. The molecule has 2 heterocycles. The molecule has 8 heteroatoms. The van der Waals surface area contributed by atoms with Gasteiger partial charge in [-0.2, -0.15) is 5.26 Å². The zero-order valence-electron chi connectivity index (χ0n) is 15.5. The molecule has 1 amide bonds. The highest BCUT2D eigenvalue weighted by molar-refractivity contribution is 8.00. The van der Waals surface area contributed by atoms with Crippen LogP contribution >= 0.6 is 23.1 Å². The first-order valence-electron chi connectivity index (χ1n) is 9.00. The predicted molar refractivity (Wildman–Crippen MR) is 111 cm³/mol. The molecule has 1 aliphatic carbocycles. The Balaban J connectivity index is 1.56. The van der Waals surface area contributed by atoms with Gasteiger partial charge in [0.2, 0.25) is 11.8 Å². The van der Waals surface area contributed by atoms with E-state index in [9.17, 15) is 14.9 Å². The number of thioether (sulfide) groups is 1. The number of benzene rings is 1. The van der Waals surface area contributed by atoms with Crippen LogP contribution in [0, 0.1) is 11.3 Å².